The average molecular weight is 317 g/mol. The molecule has 0 aromatic heterocycles. The number of hydrogen-bond acceptors (Lipinski definition) is 2. The van der Waals surface area contributed by atoms with E-state index < -0.39 is 0 Å². The summed E-state index contributed by atoms with van der Waals surface area (Å²) in [5.41, 5.74) is 1.07. The minimum absolute atomic E-state index is 0. The van der Waals surface area contributed by atoms with Crippen molar-refractivity contribution in [2.45, 2.75) is 26.3 Å². The summed E-state index contributed by atoms with van der Waals surface area (Å²) in [6.45, 7) is 5.97. The molecule has 1 aromatic carbocycles. The van der Waals surface area contributed by atoms with Crippen LogP contribution in [0.1, 0.15) is 31.9 Å². The Hall–Kier alpha value is -0.770. The van der Waals surface area contributed by atoms with Crippen LogP contribution in [0, 0.1) is 11.8 Å². The van der Waals surface area contributed by atoms with Crippen LogP contribution in [-0.4, -0.2) is 19.0 Å². The highest BCUT2D eigenvalue weighted by Crippen LogP contribution is 2.22. The molecule has 1 heterocycles. The fraction of sp³-hybridized carbons (Fsp3) is 0.533. The maximum Gasteiger partial charge on any atom is 0.223 e. The lowest BCUT2D eigenvalue weighted by atomic mass is 9.88. The van der Waals surface area contributed by atoms with Crippen LogP contribution in [0.3, 0.4) is 0 Å². The number of amides is 1. The van der Waals surface area contributed by atoms with E-state index in [1.54, 1.807) is 0 Å². The first kappa shape index (κ1) is 17.3. The van der Waals surface area contributed by atoms with E-state index in [0.717, 1.165) is 25.1 Å². The second-order valence-electron chi connectivity index (χ2n) is 5.23. The summed E-state index contributed by atoms with van der Waals surface area (Å²) in [6.07, 6.45) is 0.863. The molecule has 0 bridgehead atoms. The molecule has 1 amide bonds. The van der Waals surface area contributed by atoms with E-state index in [1.165, 1.54) is 0 Å². The first-order valence-corrected chi connectivity index (χ1v) is 7.26. The zero-order valence-electron chi connectivity index (χ0n) is 11.9. The second-order valence-corrected chi connectivity index (χ2v) is 5.67. The van der Waals surface area contributed by atoms with Crippen LogP contribution in [0.25, 0.3) is 0 Å². The lowest BCUT2D eigenvalue weighted by Crippen LogP contribution is -2.50. The van der Waals surface area contributed by atoms with Crippen LogP contribution in [0.4, 0.5) is 0 Å². The molecule has 1 saturated heterocycles. The van der Waals surface area contributed by atoms with Crippen molar-refractivity contribution in [3.8, 4) is 0 Å². The van der Waals surface area contributed by atoms with Crippen LogP contribution >= 0.6 is 24.0 Å². The normalized spacial score (nSPS) is 17.6. The first-order valence-electron chi connectivity index (χ1n) is 6.88. The van der Waals surface area contributed by atoms with Gasteiger partial charge in [0, 0.05) is 10.9 Å². The lowest BCUT2D eigenvalue weighted by Gasteiger charge is -2.32. The molecular formula is C15H22Cl2N2O. The third-order valence-corrected chi connectivity index (χ3v) is 4.14. The van der Waals surface area contributed by atoms with Gasteiger partial charge in [0.05, 0.1) is 6.04 Å². The summed E-state index contributed by atoms with van der Waals surface area (Å²) in [5.74, 6) is 0.671. The molecule has 3 nitrogen and oxygen atoms in total. The molecule has 0 aliphatic carbocycles. The standard InChI is InChI=1S/C15H21ClN2O.ClH/c1-3-14(11-5-4-6-13(16)7-11)18-15(19)10(2)12-8-17-9-12;/h4-7,10,12,14,17H,3,8-9H2,1-2H3,(H,18,19);1H. The predicted molar refractivity (Wildman–Crippen MR) is 85.4 cm³/mol. The van der Waals surface area contributed by atoms with Crippen molar-refractivity contribution in [2.75, 3.05) is 13.1 Å². The van der Waals surface area contributed by atoms with Gasteiger partial charge in [-0.25, -0.2) is 0 Å². The number of nitrogens with one attached hydrogen (secondary N) is 2. The Kier molecular flexibility index (Phi) is 6.80. The van der Waals surface area contributed by atoms with Gasteiger partial charge in [0.2, 0.25) is 5.91 Å². The van der Waals surface area contributed by atoms with E-state index in [4.69, 9.17) is 11.6 Å². The summed E-state index contributed by atoms with van der Waals surface area (Å²) in [7, 11) is 0. The molecule has 0 radical (unpaired) electrons. The maximum atomic E-state index is 12.2. The van der Waals surface area contributed by atoms with Crippen LogP contribution in [0.15, 0.2) is 24.3 Å². The third-order valence-electron chi connectivity index (χ3n) is 3.91. The molecule has 2 atom stereocenters. The van der Waals surface area contributed by atoms with Gasteiger partial charge in [0.25, 0.3) is 0 Å². The molecule has 2 unspecified atom stereocenters. The summed E-state index contributed by atoms with van der Waals surface area (Å²) >= 11 is 6.01. The van der Waals surface area contributed by atoms with Gasteiger partial charge < -0.3 is 10.6 Å². The van der Waals surface area contributed by atoms with Crippen molar-refractivity contribution in [3.05, 3.63) is 34.9 Å². The van der Waals surface area contributed by atoms with Crippen LogP contribution < -0.4 is 10.6 Å². The van der Waals surface area contributed by atoms with E-state index >= 15 is 0 Å². The average Bonchev–Trinajstić information content (AvgIpc) is 2.33. The van der Waals surface area contributed by atoms with E-state index in [2.05, 4.69) is 17.6 Å². The summed E-state index contributed by atoms with van der Waals surface area (Å²) in [6, 6.07) is 7.75. The minimum Gasteiger partial charge on any atom is -0.349 e. The second kappa shape index (κ2) is 7.87. The Morgan fingerprint density at radius 1 is 1.50 bits per heavy atom. The van der Waals surface area contributed by atoms with Gasteiger partial charge in [-0.3, -0.25) is 4.79 Å². The molecule has 1 aliphatic heterocycles. The van der Waals surface area contributed by atoms with Crippen LogP contribution in [0.5, 0.6) is 0 Å². The number of benzene rings is 1. The highest BCUT2D eigenvalue weighted by Gasteiger charge is 2.29. The molecule has 1 fully saturated rings. The highest BCUT2D eigenvalue weighted by atomic mass is 35.5. The minimum atomic E-state index is 0. The van der Waals surface area contributed by atoms with Crippen molar-refractivity contribution in [3.63, 3.8) is 0 Å². The zero-order chi connectivity index (χ0) is 13.8. The molecule has 1 aliphatic rings. The Labute approximate surface area is 131 Å². The fourth-order valence-electron chi connectivity index (χ4n) is 2.33. The Morgan fingerprint density at radius 3 is 2.70 bits per heavy atom. The Bertz CT molecular complexity index is 449. The number of carbonyl (C=O) groups is 1. The van der Waals surface area contributed by atoms with Gasteiger partial charge >= 0.3 is 0 Å². The number of hydrogen-bond donors (Lipinski definition) is 2. The molecule has 2 N–H and O–H groups in total. The Morgan fingerprint density at radius 2 is 2.20 bits per heavy atom. The fourth-order valence-corrected chi connectivity index (χ4v) is 2.52. The summed E-state index contributed by atoms with van der Waals surface area (Å²) in [4.78, 5) is 12.2. The van der Waals surface area contributed by atoms with Gasteiger partial charge in [-0.1, -0.05) is 37.6 Å². The number of halogens is 2. The first-order chi connectivity index (χ1) is 9.11. The van der Waals surface area contributed by atoms with Crippen molar-refractivity contribution in [1.82, 2.24) is 10.6 Å². The third kappa shape index (κ3) is 4.11. The monoisotopic (exact) mass is 316 g/mol. The summed E-state index contributed by atoms with van der Waals surface area (Å²) < 4.78 is 0. The van der Waals surface area contributed by atoms with Gasteiger partial charge in [-0.05, 0) is 43.1 Å². The molecule has 20 heavy (non-hydrogen) atoms. The SMILES string of the molecule is CCC(NC(=O)C(C)C1CNC1)c1cccc(Cl)c1.Cl. The topological polar surface area (TPSA) is 41.1 Å². The maximum absolute atomic E-state index is 12.2. The van der Waals surface area contributed by atoms with E-state index in [9.17, 15) is 4.79 Å². The molecule has 112 valence electrons. The zero-order valence-corrected chi connectivity index (χ0v) is 13.4. The van der Waals surface area contributed by atoms with Gasteiger partial charge in [-0.2, -0.15) is 0 Å². The molecule has 5 heteroatoms. The van der Waals surface area contributed by atoms with Gasteiger partial charge in [0.1, 0.15) is 0 Å². The quantitative estimate of drug-likeness (QED) is 0.876. The number of rotatable bonds is 5. The molecule has 2 rings (SSSR count). The Balaban J connectivity index is 0.00000200. The van der Waals surface area contributed by atoms with E-state index in [-0.39, 0.29) is 30.3 Å². The molecular weight excluding hydrogens is 295 g/mol. The van der Waals surface area contributed by atoms with Crippen molar-refractivity contribution in [1.29, 1.82) is 0 Å². The smallest absolute Gasteiger partial charge is 0.223 e. The van der Waals surface area contributed by atoms with Crippen molar-refractivity contribution < 1.29 is 4.79 Å². The van der Waals surface area contributed by atoms with Crippen molar-refractivity contribution >= 4 is 29.9 Å². The van der Waals surface area contributed by atoms with E-state index in [1.807, 2.05) is 31.2 Å². The molecule has 0 spiro atoms. The predicted octanol–water partition coefficient (Wildman–Crippen LogP) is 3.18. The van der Waals surface area contributed by atoms with Gasteiger partial charge in [0.15, 0.2) is 0 Å². The molecule has 0 saturated carbocycles. The summed E-state index contributed by atoms with van der Waals surface area (Å²) in [5, 5.41) is 7.05. The molecule has 1 aromatic rings. The van der Waals surface area contributed by atoms with Crippen LogP contribution in [0.2, 0.25) is 5.02 Å². The highest BCUT2D eigenvalue weighted by molar-refractivity contribution is 6.30. The van der Waals surface area contributed by atoms with Crippen molar-refractivity contribution in [2.24, 2.45) is 11.8 Å². The number of carbonyl (C=O) groups excluding carboxylic acids is 1. The van der Waals surface area contributed by atoms with Crippen LogP contribution in [-0.2, 0) is 4.79 Å². The van der Waals surface area contributed by atoms with E-state index in [0.29, 0.717) is 10.9 Å². The largest absolute Gasteiger partial charge is 0.349 e. The lowest BCUT2D eigenvalue weighted by molar-refractivity contribution is -0.127. The van der Waals surface area contributed by atoms with Gasteiger partial charge in [-0.15, -0.1) is 12.4 Å².